The van der Waals surface area contributed by atoms with Crippen LogP contribution >= 0.6 is 11.3 Å². The van der Waals surface area contributed by atoms with Gasteiger partial charge in [0.05, 0.1) is 6.54 Å². The lowest BCUT2D eigenvalue weighted by molar-refractivity contribution is 0.595. The molecule has 6 heteroatoms. The van der Waals surface area contributed by atoms with Crippen molar-refractivity contribution in [2.75, 3.05) is 20.1 Å². The van der Waals surface area contributed by atoms with Crippen molar-refractivity contribution in [2.45, 2.75) is 19.4 Å². The molecule has 2 heterocycles. The summed E-state index contributed by atoms with van der Waals surface area (Å²) in [6.07, 6.45) is 3.74. The van der Waals surface area contributed by atoms with E-state index in [2.05, 4.69) is 45.2 Å². The highest BCUT2D eigenvalue weighted by molar-refractivity contribution is 7.10. The number of hydrogen-bond acceptors (Lipinski definition) is 3. The van der Waals surface area contributed by atoms with Crippen molar-refractivity contribution in [3.63, 3.8) is 0 Å². The van der Waals surface area contributed by atoms with Gasteiger partial charge < -0.3 is 10.6 Å². The maximum absolute atomic E-state index is 4.23. The summed E-state index contributed by atoms with van der Waals surface area (Å²) in [5.41, 5.74) is 0. The maximum atomic E-state index is 4.23. The molecule has 2 rings (SSSR count). The van der Waals surface area contributed by atoms with E-state index in [1.54, 1.807) is 24.6 Å². The second kappa shape index (κ2) is 7.69. The molecule has 0 aliphatic heterocycles. The molecule has 5 nitrogen and oxygen atoms in total. The summed E-state index contributed by atoms with van der Waals surface area (Å²) in [6, 6.07) is 6.19. The van der Waals surface area contributed by atoms with E-state index in [1.165, 1.54) is 4.88 Å². The number of guanidine groups is 1. The zero-order valence-corrected chi connectivity index (χ0v) is 12.7. The molecule has 1 unspecified atom stereocenters. The van der Waals surface area contributed by atoms with E-state index < -0.39 is 0 Å². The topological polar surface area (TPSA) is 54.2 Å². The van der Waals surface area contributed by atoms with Crippen molar-refractivity contribution in [1.82, 2.24) is 20.4 Å². The summed E-state index contributed by atoms with van der Waals surface area (Å²) in [5.74, 6) is 1.32. The van der Waals surface area contributed by atoms with E-state index in [0.29, 0.717) is 5.92 Å². The van der Waals surface area contributed by atoms with Crippen LogP contribution < -0.4 is 10.6 Å². The normalized spacial score (nSPS) is 13.2. The molecule has 0 bridgehead atoms. The van der Waals surface area contributed by atoms with Crippen LogP contribution in [0, 0.1) is 0 Å². The summed E-state index contributed by atoms with van der Waals surface area (Å²) in [6.45, 7) is 4.72. The first-order valence-electron chi connectivity index (χ1n) is 6.75. The van der Waals surface area contributed by atoms with E-state index >= 15 is 0 Å². The lowest BCUT2D eigenvalue weighted by atomic mass is 10.1. The van der Waals surface area contributed by atoms with Crippen molar-refractivity contribution in [3.05, 3.63) is 40.8 Å². The number of aliphatic imine (C=N–C) groups is 1. The molecule has 0 saturated carbocycles. The fraction of sp³-hybridized carbons (Fsp3) is 0.429. The summed E-state index contributed by atoms with van der Waals surface area (Å²) in [7, 11) is 1.79. The molecule has 2 N–H and O–H groups in total. The van der Waals surface area contributed by atoms with Crippen LogP contribution in [0.25, 0.3) is 0 Å². The number of thiophene rings is 1. The Morgan fingerprint density at radius 3 is 3.00 bits per heavy atom. The lowest BCUT2D eigenvalue weighted by Gasteiger charge is -2.15. The molecule has 0 saturated heterocycles. The molecule has 0 radical (unpaired) electrons. The van der Waals surface area contributed by atoms with E-state index in [4.69, 9.17) is 0 Å². The average molecular weight is 291 g/mol. The van der Waals surface area contributed by atoms with Gasteiger partial charge in [-0.25, -0.2) is 0 Å². The van der Waals surface area contributed by atoms with Crippen molar-refractivity contribution < 1.29 is 0 Å². The smallest absolute Gasteiger partial charge is 0.191 e. The van der Waals surface area contributed by atoms with Crippen LogP contribution in [0.15, 0.2) is 41.0 Å². The Morgan fingerprint density at radius 2 is 2.35 bits per heavy atom. The zero-order chi connectivity index (χ0) is 14.2. The minimum atomic E-state index is 0.486. The van der Waals surface area contributed by atoms with Crippen LogP contribution in [0.3, 0.4) is 0 Å². The molecule has 0 aromatic carbocycles. The predicted octanol–water partition coefficient (Wildman–Crippen LogP) is 1.91. The average Bonchev–Trinajstić information content (AvgIpc) is 3.14. The molecule has 1 atom stereocenters. The lowest BCUT2D eigenvalue weighted by Crippen LogP contribution is -2.40. The third-order valence-corrected chi connectivity index (χ3v) is 4.12. The van der Waals surface area contributed by atoms with Crippen LogP contribution in [0.5, 0.6) is 0 Å². The number of rotatable bonds is 6. The van der Waals surface area contributed by atoms with Gasteiger partial charge in [-0.2, -0.15) is 5.10 Å². The minimum Gasteiger partial charge on any atom is -0.356 e. The monoisotopic (exact) mass is 291 g/mol. The first-order chi connectivity index (χ1) is 9.79. The number of nitrogens with one attached hydrogen (secondary N) is 2. The Kier molecular flexibility index (Phi) is 5.61. The Morgan fingerprint density at radius 1 is 1.45 bits per heavy atom. The third-order valence-electron chi connectivity index (χ3n) is 3.02. The SMILES string of the molecule is CN=C(NCCn1cccn1)NCC(C)c1cccs1. The van der Waals surface area contributed by atoms with Crippen molar-refractivity contribution in [2.24, 2.45) is 4.99 Å². The molecular formula is C14H21N5S. The molecule has 0 fully saturated rings. The van der Waals surface area contributed by atoms with Crippen LogP contribution in [-0.4, -0.2) is 35.9 Å². The van der Waals surface area contributed by atoms with E-state index in [1.807, 2.05) is 16.9 Å². The Hall–Kier alpha value is -1.82. The predicted molar refractivity (Wildman–Crippen MR) is 84.3 cm³/mol. The molecule has 0 amide bonds. The molecule has 0 aliphatic carbocycles. The molecular weight excluding hydrogens is 270 g/mol. The van der Waals surface area contributed by atoms with Crippen LogP contribution in [0.1, 0.15) is 17.7 Å². The fourth-order valence-corrected chi connectivity index (χ4v) is 2.65. The second-order valence-corrected chi connectivity index (χ2v) is 5.54. The molecule has 20 heavy (non-hydrogen) atoms. The van der Waals surface area contributed by atoms with Gasteiger partial charge in [-0.1, -0.05) is 13.0 Å². The first-order valence-corrected chi connectivity index (χ1v) is 7.63. The van der Waals surface area contributed by atoms with Gasteiger partial charge in [0, 0.05) is 43.3 Å². The third kappa shape index (κ3) is 4.38. The summed E-state index contributed by atoms with van der Waals surface area (Å²) in [5, 5.41) is 12.9. The largest absolute Gasteiger partial charge is 0.356 e. The highest BCUT2D eigenvalue weighted by atomic mass is 32.1. The summed E-state index contributed by atoms with van der Waals surface area (Å²) in [4.78, 5) is 5.62. The molecule has 2 aromatic heterocycles. The van der Waals surface area contributed by atoms with E-state index in [-0.39, 0.29) is 0 Å². The summed E-state index contributed by atoms with van der Waals surface area (Å²) >= 11 is 1.79. The minimum absolute atomic E-state index is 0.486. The molecule has 0 aliphatic rings. The Labute approximate surface area is 123 Å². The Balaban J connectivity index is 1.70. The van der Waals surface area contributed by atoms with Crippen molar-refractivity contribution in [1.29, 1.82) is 0 Å². The number of hydrogen-bond donors (Lipinski definition) is 2. The summed E-state index contributed by atoms with van der Waals surface area (Å²) < 4.78 is 1.90. The van der Waals surface area contributed by atoms with E-state index in [9.17, 15) is 0 Å². The van der Waals surface area contributed by atoms with Gasteiger partial charge in [0.1, 0.15) is 0 Å². The van der Waals surface area contributed by atoms with Gasteiger partial charge in [-0.05, 0) is 17.5 Å². The fourth-order valence-electron chi connectivity index (χ4n) is 1.86. The van der Waals surface area contributed by atoms with Crippen LogP contribution in [0.2, 0.25) is 0 Å². The first kappa shape index (κ1) is 14.6. The van der Waals surface area contributed by atoms with Crippen molar-refractivity contribution in [3.8, 4) is 0 Å². The van der Waals surface area contributed by atoms with Gasteiger partial charge in [0.25, 0.3) is 0 Å². The highest BCUT2D eigenvalue weighted by Crippen LogP contribution is 2.19. The number of nitrogens with zero attached hydrogens (tertiary/aromatic N) is 3. The Bertz CT molecular complexity index is 504. The van der Waals surface area contributed by atoms with E-state index in [0.717, 1.165) is 25.6 Å². The quantitative estimate of drug-likeness (QED) is 0.631. The van der Waals surface area contributed by atoms with Gasteiger partial charge in [0.15, 0.2) is 5.96 Å². The van der Waals surface area contributed by atoms with Gasteiger partial charge in [-0.3, -0.25) is 9.67 Å². The molecule has 0 spiro atoms. The maximum Gasteiger partial charge on any atom is 0.191 e. The zero-order valence-electron chi connectivity index (χ0n) is 11.9. The molecule has 108 valence electrons. The second-order valence-electron chi connectivity index (χ2n) is 4.57. The van der Waals surface area contributed by atoms with Gasteiger partial charge in [0.2, 0.25) is 0 Å². The molecule has 2 aromatic rings. The standard InChI is InChI=1S/C14H21N5S/c1-12(13-5-3-10-20-13)11-17-14(15-2)16-7-9-19-8-4-6-18-19/h3-6,8,10,12H,7,9,11H2,1-2H3,(H2,15,16,17). The number of aromatic nitrogens is 2. The van der Waals surface area contributed by atoms with Crippen LogP contribution in [-0.2, 0) is 6.54 Å². The highest BCUT2D eigenvalue weighted by Gasteiger charge is 2.07. The van der Waals surface area contributed by atoms with Crippen molar-refractivity contribution >= 4 is 17.3 Å². The van der Waals surface area contributed by atoms with Crippen LogP contribution in [0.4, 0.5) is 0 Å². The van der Waals surface area contributed by atoms with Gasteiger partial charge in [-0.15, -0.1) is 11.3 Å². The van der Waals surface area contributed by atoms with Gasteiger partial charge >= 0.3 is 0 Å².